The van der Waals surface area contributed by atoms with Crippen molar-refractivity contribution in [2.75, 3.05) is 26.3 Å². The molecule has 1 fully saturated rings. The summed E-state index contributed by atoms with van der Waals surface area (Å²) >= 11 is 0. The van der Waals surface area contributed by atoms with Gasteiger partial charge in [0.2, 0.25) is 0 Å². The van der Waals surface area contributed by atoms with Crippen LogP contribution in [0.3, 0.4) is 0 Å². The van der Waals surface area contributed by atoms with Crippen LogP contribution < -0.4 is 5.43 Å². The van der Waals surface area contributed by atoms with Crippen molar-refractivity contribution in [2.45, 2.75) is 13.8 Å². The Labute approximate surface area is 93.8 Å². The first kappa shape index (κ1) is 12.7. The predicted molar refractivity (Wildman–Crippen MR) is 56.5 cm³/mol. The molecule has 0 radical (unpaired) electrons. The number of nitrogens with zero attached hydrogens (tertiary/aromatic N) is 1. The van der Waals surface area contributed by atoms with Crippen molar-refractivity contribution in [3.05, 3.63) is 11.1 Å². The zero-order chi connectivity index (χ0) is 12.1. The molecule has 1 aliphatic heterocycles. The Morgan fingerprint density at radius 2 is 1.75 bits per heavy atom. The molecule has 6 nitrogen and oxygen atoms in total. The molecule has 1 heterocycles. The van der Waals surface area contributed by atoms with E-state index >= 15 is 0 Å². The van der Waals surface area contributed by atoms with Crippen LogP contribution in [0.15, 0.2) is 11.1 Å². The van der Waals surface area contributed by atoms with E-state index in [0.29, 0.717) is 26.3 Å². The number of hydrazine groups is 1. The largest absolute Gasteiger partial charge is 0.478 e. The first-order chi connectivity index (χ1) is 7.52. The molecule has 0 aromatic rings. The molecule has 1 aliphatic rings. The molecule has 0 aromatic carbocycles. The lowest BCUT2D eigenvalue weighted by Crippen LogP contribution is -2.48. The number of carboxylic acid groups (broad SMARTS) is 1. The minimum atomic E-state index is -1.07. The number of rotatable bonds is 3. The molecule has 1 amide bonds. The SMILES string of the molecule is CC(C(=O)O)=C(C)C(=O)NN1CCOCC1. The summed E-state index contributed by atoms with van der Waals surface area (Å²) in [6.07, 6.45) is 0. The van der Waals surface area contributed by atoms with Crippen LogP contribution in [0.5, 0.6) is 0 Å². The quantitative estimate of drug-likeness (QED) is 0.652. The fraction of sp³-hybridized carbons (Fsp3) is 0.600. The van der Waals surface area contributed by atoms with Crippen molar-refractivity contribution in [1.29, 1.82) is 0 Å². The average molecular weight is 228 g/mol. The van der Waals surface area contributed by atoms with Gasteiger partial charge >= 0.3 is 5.97 Å². The summed E-state index contributed by atoms with van der Waals surface area (Å²) in [6.45, 7) is 5.29. The number of ether oxygens (including phenoxy) is 1. The van der Waals surface area contributed by atoms with Crippen LogP contribution in [0.1, 0.15) is 13.8 Å². The van der Waals surface area contributed by atoms with Gasteiger partial charge in [-0.15, -0.1) is 0 Å². The second-order valence-electron chi connectivity index (χ2n) is 3.60. The van der Waals surface area contributed by atoms with Crippen LogP contribution >= 0.6 is 0 Å². The minimum Gasteiger partial charge on any atom is -0.478 e. The standard InChI is InChI=1S/C10H16N2O4/c1-7(8(2)10(14)15)9(13)11-12-3-5-16-6-4-12/h3-6H2,1-2H3,(H,11,13)(H,14,15). The summed E-state index contributed by atoms with van der Waals surface area (Å²) in [5.74, 6) is -1.45. The number of carbonyl (C=O) groups excluding carboxylic acids is 1. The van der Waals surface area contributed by atoms with Crippen LogP contribution in [0.25, 0.3) is 0 Å². The topological polar surface area (TPSA) is 78.9 Å². The number of aliphatic carboxylic acids is 1. The molecule has 16 heavy (non-hydrogen) atoms. The highest BCUT2D eigenvalue weighted by Gasteiger charge is 2.17. The van der Waals surface area contributed by atoms with E-state index < -0.39 is 5.97 Å². The summed E-state index contributed by atoms with van der Waals surface area (Å²) in [4.78, 5) is 22.3. The maximum absolute atomic E-state index is 11.6. The Kier molecular flexibility index (Phi) is 4.45. The van der Waals surface area contributed by atoms with Gasteiger partial charge in [0.25, 0.3) is 5.91 Å². The highest BCUT2D eigenvalue weighted by atomic mass is 16.5. The molecule has 6 heteroatoms. The summed E-state index contributed by atoms with van der Waals surface area (Å²) in [5, 5.41) is 10.5. The highest BCUT2D eigenvalue weighted by Crippen LogP contribution is 2.04. The maximum atomic E-state index is 11.6. The number of carbonyl (C=O) groups is 2. The number of nitrogens with one attached hydrogen (secondary N) is 1. The van der Waals surface area contributed by atoms with Crippen molar-refractivity contribution in [1.82, 2.24) is 10.4 Å². The molecule has 2 N–H and O–H groups in total. The van der Waals surface area contributed by atoms with Crippen LogP contribution in [0.2, 0.25) is 0 Å². The van der Waals surface area contributed by atoms with Gasteiger partial charge in [0, 0.05) is 24.2 Å². The van der Waals surface area contributed by atoms with Gasteiger partial charge in [-0.05, 0) is 13.8 Å². The van der Waals surface area contributed by atoms with E-state index in [4.69, 9.17) is 9.84 Å². The third-order valence-electron chi connectivity index (χ3n) is 2.49. The molecule has 0 bridgehead atoms. The van der Waals surface area contributed by atoms with E-state index in [2.05, 4.69) is 5.43 Å². The molecular formula is C10H16N2O4. The summed E-state index contributed by atoms with van der Waals surface area (Å²) < 4.78 is 5.13. The van der Waals surface area contributed by atoms with Gasteiger partial charge < -0.3 is 9.84 Å². The molecule has 0 aromatic heterocycles. The molecule has 0 spiro atoms. The fourth-order valence-corrected chi connectivity index (χ4v) is 1.23. The first-order valence-electron chi connectivity index (χ1n) is 5.07. The molecule has 0 atom stereocenters. The Bertz CT molecular complexity index is 319. The van der Waals surface area contributed by atoms with Crippen molar-refractivity contribution in [3.8, 4) is 0 Å². The third kappa shape index (κ3) is 3.32. The molecule has 0 unspecified atom stereocenters. The van der Waals surface area contributed by atoms with Crippen LogP contribution in [-0.2, 0) is 14.3 Å². The smallest absolute Gasteiger partial charge is 0.331 e. The monoisotopic (exact) mass is 228 g/mol. The van der Waals surface area contributed by atoms with E-state index in [1.165, 1.54) is 13.8 Å². The van der Waals surface area contributed by atoms with Crippen molar-refractivity contribution in [3.63, 3.8) is 0 Å². The Hall–Kier alpha value is -1.40. The van der Waals surface area contributed by atoms with Crippen LogP contribution in [0.4, 0.5) is 0 Å². The van der Waals surface area contributed by atoms with Crippen molar-refractivity contribution < 1.29 is 19.4 Å². The molecular weight excluding hydrogens is 212 g/mol. The first-order valence-corrected chi connectivity index (χ1v) is 5.07. The van der Waals surface area contributed by atoms with Crippen LogP contribution in [-0.4, -0.2) is 48.3 Å². The predicted octanol–water partition coefficient (Wildman–Crippen LogP) is -0.229. The maximum Gasteiger partial charge on any atom is 0.331 e. The number of morpholine rings is 1. The number of amides is 1. The van der Waals surface area contributed by atoms with Crippen molar-refractivity contribution in [2.24, 2.45) is 0 Å². The lowest BCUT2D eigenvalue weighted by atomic mass is 10.1. The summed E-state index contributed by atoms with van der Waals surface area (Å²) in [7, 11) is 0. The average Bonchev–Trinajstić information content (AvgIpc) is 2.28. The van der Waals surface area contributed by atoms with E-state index in [1.807, 2.05) is 0 Å². The molecule has 1 rings (SSSR count). The number of hydrogen-bond donors (Lipinski definition) is 2. The van der Waals surface area contributed by atoms with Gasteiger partial charge in [-0.3, -0.25) is 10.2 Å². The van der Waals surface area contributed by atoms with Gasteiger partial charge in [0.15, 0.2) is 0 Å². The van der Waals surface area contributed by atoms with E-state index in [9.17, 15) is 9.59 Å². The van der Waals surface area contributed by atoms with E-state index in [-0.39, 0.29) is 17.1 Å². The van der Waals surface area contributed by atoms with E-state index in [0.717, 1.165) is 0 Å². The number of hydrogen-bond acceptors (Lipinski definition) is 4. The summed E-state index contributed by atoms with van der Waals surface area (Å²) in [6, 6.07) is 0. The minimum absolute atomic E-state index is 0.0609. The van der Waals surface area contributed by atoms with Gasteiger partial charge in [0.1, 0.15) is 0 Å². The highest BCUT2D eigenvalue weighted by molar-refractivity contribution is 6.01. The molecule has 0 aliphatic carbocycles. The summed E-state index contributed by atoms with van der Waals surface area (Å²) in [5.41, 5.74) is 2.93. The third-order valence-corrected chi connectivity index (χ3v) is 2.49. The lowest BCUT2D eigenvalue weighted by molar-refractivity contribution is -0.133. The lowest BCUT2D eigenvalue weighted by Gasteiger charge is -2.27. The Morgan fingerprint density at radius 1 is 1.19 bits per heavy atom. The van der Waals surface area contributed by atoms with Gasteiger partial charge in [0.05, 0.1) is 13.2 Å². The van der Waals surface area contributed by atoms with Gasteiger partial charge in [-0.1, -0.05) is 0 Å². The zero-order valence-corrected chi connectivity index (χ0v) is 9.45. The molecule has 1 saturated heterocycles. The van der Waals surface area contributed by atoms with Crippen LogP contribution in [0, 0.1) is 0 Å². The number of carboxylic acids is 1. The second-order valence-corrected chi connectivity index (χ2v) is 3.60. The van der Waals surface area contributed by atoms with Crippen molar-refractivity contribution >= 4 is 11.9 Å². The molecule has 90 valence electrons. The van der Waals surface area contributed by atoms with Gasteiger partial charge in [-0.2, -0.15) is 0 Å². The van der Waals surface area contributed by atoms with Gasteiger partial charge in [-0.25, -0.2) is 9.80 Å². The Balaban J connectivity index is 2.57. The fourth-order valence-electron chi connectivity index (χ4n) is 1.23. The normalized spacial score (nSPS) is 18.9. The molecule has 0 saturated carbocycles. The van der Waals surface area contributed by atoms with E-state index in [1.54, 1.807) is 5.01 Å². The Morgan fingerprint density at radius 3 is 2.25 bits per heavy atom. The second kappa shape index (κ2) is 5.62. The zero-order valence-electron chi connectivity index (χ0n) is 9.45.